The molecule has 13 heavy (non-hydrogen) atoms. The first-order valence-corrected chi connectivity index (χ1v) is 4.73. The molecule has 0 aromatic rings. The quantitative estimate of drug-likeness (QED) is 0.289. The van der Waals surface area contributed by atoms with Crippen LogP contribution in [0.4, 0.5) is 0 Å². The third-order valence-corrected chi connectivity index (χ3v) is 1.46. The van der Waals surface area contributed by atoms with Crippen molar-refractivity contribution in [3.05, 3.63) is 12.2 Å². The molecule has 0 saturated heterocycles. The standard InChI is InChI=1S/C7H12O5S/c1-6(2)7(8)11-4-3-5-12-13(9)10/h13H,1,3-5H2,2H3. The summed E-state index contributed by atoms with van der Waals surface area (Å²) in [6.07, 6.45) is 0.350. The molecule has 0 heterocycles. The molecule has 6 heteroatoms. The molecule has 0 amide bonds. The number of hydrogen-bond acceptors (Lipinski definition) is 5. The van der Waals surface area contributed by atoms with E-state index in [4.69, 9.17) is 0 Å². The van der Waals surface area contributed by atoms with E-state index in [1.54, 1.807) is 0 Å². The number of thiol groups is 1. The molecule has 0 saturated carbocycles. The van der Waals surface area contributed by atoms with Crippen LogP contribution in [-0.4, -0.2) is 27.6 Å². The van der Waals surface area contributed by atoms with E-state index in [1.807, 2.05) is 0 Å². The van der Waals surface area contributed by atoms with Crippen molar-refractivity contribution in [3.63, 3.8) is 0 Å². The fraction of sp³-hybridized carbons (Fsp3) is 0.571. The Morgan fingerprint density at radius 2 is 2.00 bits per heavy atom. The summed E-state index contributed by atoms with van der Waals surface area (Å²) in [6.45, 7) is 5.08. The minimum atomic E-state index is -2.80. The van der Waals surface area contributed by atoms with E-state index in [1.165, 1.54) is 6.92 Å². The molecule has 0 N–H and O–H groups in total. The Bertz CT molecular complexity index is 248. The van der Waals surface area contributed by atoms with Gasteiger partial charge >= 0.3 is 5.97 Å². The zero-order chi connectivity index (χ0) is 10.3. The first-order valence-electron chi connectivity index (χ1n) is 3.64. The molecule has 0 aliphatic carbocycles. The van der Waals surface area contributed by atoms with Gasteiger partial charge in [0, 0.05) is 12.0 Å². The molecule has 0 radical (unpaired) electrons. The Balaban J connectivity index is 3.36. The highest BCUT2D eigenvalue weighted by Crippen LogP contribution is 1.93. The summed E-state index contributed by atoms with van der Waals surface area (Å²) in [5.74, 6) is -0.480. The molecule has 0 rings (SSSR count). The second-order valence-electron chi connectivity index (χ2n) is 2.33. The van der Waals surface area contributed by atoms with Crippen molar-refractivity contribution >= 4 is 17.0 Å². The summed E-state index contributed by atoms with van der Waals surface area (Å²) in [5, 5.41) is 0. The lowest BCUT2D eigenvalue weighted by Crippen LogP contribution is -2.08. The maximum absolute atomic E-state index is 10.8. The summed E-state index contributed by atoms with van der Waals surface area (Å²) >= 11 is 0. The molecule has 0 atom stereocenters. The normalized spacial score (nSPS) is 10.0. The number of esters is 1. The molecular weight excluding hydrogens is 196 g/mol. The van der Waals surface area contributed by atoms with Crippen LogP contribution in [-0.2, 0) is 24.7 Å². The van der Waals surface area contributed by atoms with E-state index >= 15 is 0 Å². The van der Waals surface area contributed by atoms with Crippen LogP contribution in [0.5, 0.6) is 0 Å². The summed E-state index contributed by atoms with van der Waals surface area (Å²) in [6, 6.07) is 0. The van der Waals surface area contributed by atoms with Crippen LogP contribution in [0, 0.1) is 0 Å². The van der Waals surface area contributed by atoms with Crippen molar-refractivity contribution in [3.8, 4) is 0 Å². The molecule has 0 spiro atoms. The smallest absolute Gasteiger partial charge is 0.333 e. The molecule has 5 nitrogen and oxygen atoms in total. The van der Waals surface area contributed by atoms with Crippen LogP contribution in [0.15, 0.2) is 12.2 Å². The van der Waals surface area contributed by atoms with Crippen LogP contribution >= 0.6 is 0 Å². The molecule has 0 fully saturated rings. The minimum absolute atomic E-state index is 0.0299. The summed E-state index contributed by atoms with van der Waals surface area (Å²) in [4.78, 5) is 10.8. The van der Waals surface area contributed by atoms with Gasteiger partial charge < -0.3 is 4.74 Å². The molecule has 0 aromatic carbocycles. The maximum Gasteiger partial charge on any atom is 0.333 e. The zero-order valence-corrected chi connectivity index (χ0v) is 8.21. The van der Waals surface area contributed by atoms with Crippen molar-refractivity contribution in [2.24, 2.45) is 0 Å². The molecule has 0 aromatic heterocycles. The largest absolute Gasteiger partial charge is 0.462 e. The van der Waals surface area contributed by atoms with Gasteiger partial charge in [0.05, 0.1) is 13.2 Å². The van der Waals surface area contributed by atoms with E-state index in [2.05, 4.69) is 15.5 Å². The van der Waals surface area contributed by atoms with E-state index in [-0.39, 0.29) is 13.2 Å². The number of hydrogen-bond donors (Lipinski definition) is 1. The minimum Gasteiger partial charge on any atom is -0.462 e. The number of ether oxygens (including phenoxy) is 1. The first-order chi connectivity index (χ1) is 6.04. The molecule has 0 aliphatic heterocycles. The monoisotopic (exact) mass is 208 g/mol. The summed E-state index contributed by atoms with van der Waals surface area (Å²) in [5.41, 5.74) is 0.316. The number of carbonyl (C=O) groups is 1. The maximum atomic E-state index is 10.8. The van der Waals surface area contributed by atoms with Crippen LogP contribution in [0.2, 0.25) is 0 Å². The van der Waals surface area contributed by atoms with E-state index < -0.39 is 17.0 Å². The first kappa shape index (κ1) is 12.1. The fourth-order valence-corrected chi connectivity index (χ4v) is 0.764. The zero-order valence-electron chi connectivity index (χ0n) is 7.32. The van der Waals surface area contributed by atoms with Crippen LogP contribution < -0.4 is 0 Å². The van der Waals surface area contributed by atoms with Gasteiger partial charge in [-0.2, -0.15) is 0 Å². The van der Waals surface area contributed by atoms with Crippen molar-refractivity contribution in [2.75, 3.05) is 13.2 Å². The van der Waals surface area contributed by atoms with Gasteiger partial charge in [-0.25, -0.2) is 13.2 Å². The van der Waals surface area contributed by atoms with E-state index in [0.717, 1.165) is 0 Å². The average Bonchev–Trinajstić information content (AvgIpc) is 2.02. The molecule has 0 aliphatic rings. The summed E-state index contributed by atoms with van der Waals surface area (Å²) < 4.78 is 28.7. The van der Waals surface area contributed by atoms with E-state index in [0.29, 0.717) is 12.0 Å². The molecule has 76 valence electrons. The van der Waals surface area contributed by atoms with Gasteiger partial charge in [-0.1, -0.05) is 6.58 Å². The van der Waals surface area contributed by atoms with Gasteiger partial charge in [-0.15, -0.1) is 0 Å². The van der Waals surface area contributed by atoms with Gasteiger partial charge in [0.1, 0.15) is 0 Å². The number of carbonyl (C=O) groups excluding carboxylic acids is 1. The predicted molar refractivity (Wildman–Crippen MR) is 46.7 cm³/mol. The molecule has 0 unspecified atom stereocenters. The highest BCUT2D eigenvalue weighted by Gasteiger charge is 2.01. The Hall–Kier alpha value is -0.880. The van der Waals surface area contributed by atoms with Crippen LogP contribution in [0.25, 0.3) is 0 Å². The van der Waals surface area contributed by atoms with Crippen molar-refractivity contribution in [2.45, 2.75) is 13.3 Å². The topological polar surface area (TPSA) is 69.7 Å². The summed E-state index contributed by atoms with van der Waals surface area (Å²) in [7, 11) is -2.80. The fourth-order valence-electron chi connectivity index (χ4n) is 0.486. The van der Waals surface area contributed by atoms with Crippen LogP contribution in [0.1, 0.15) is 13.3 Å². The van der Waals surface area contributed by atoms with Crippen molar-refractivity contribution in [1.29, 1.82) is 0 Å². The lowest BCUT2D eigenvalue weighted by Gasteiger charge is -2.02. The second kappa shape index (κ2) is 6.62. The SMILES string of the molecule is C=C(C)C(=O)OCCCO[SH](=O)=O. The van der Waals surface area contributed by atoms with Crippen molar-refractivity contribution < 1.29 is 22.1 Å². The van der Waals surface area contributed by atoms with Gasteiger partial charge in [0.2, 0.25) is 0 Å². The third-order valence-electron chi connectivity index (χ3n) is 1.07. The molecule has 0 bridgehead atoms. The van der Waals surface area contributed by atoms with Gasteiger partial charge in [-0.3, -0.25) is 4.18 Å². The lowest BCUT2D eigenvalue weighted by molar-refractivity contribution is -0.139. The van der Waals surface area contributed by atoms with Gasteiger partial charge in [0.25, 0.3) is 11.0 Å². The lowest BCUT2D eigenvalue weighted by atomic mass is 10.4. The third kappa shape index (κ3) is 7.48. The highest BCUT2D eigenvalue weighted by molar-refractivity contribution is 7.67. The number of rotatable bonds is 6. The Morgan fingerprint density at radius 1 is 1.38 bits per heavy atom. The average molecular weight is 208 g/mol. The Labute approximate surface area is 78.5 Å². The Kier molecular flexibility index (Phi) is 6.17. The van der Waals surface area contributed by atoms with Crippen molar-refractivity contribution in [1.82, 2.24) is 0 Å². The van der Waals surface area contributed by atoms with Crippen LogP contribution in [0.3, 0.4) is 0 Å². The predicted octanol–water partition coefficient (Wildman–Crippen LogP) is 0.0388. The van der Waals surface area contributed by atoms with Gasteiger partial charge in [-0.05, 0) is 6.92 Å². The molecular formula is C7H12O5S. The van der Waals surface area contributed by atoms with Gasteiger partial charge in [0.15, 0.2) is 0 Å². The highest BCUT2D eigenvalue weighted by atomic mass is 32.2. The second-order valence-corrected chi connectivity index (χ2v) is 3.03. The Morgan fingerprint density at radius 3 is 2.46 bits per heavy atom. The van der Waals surface area contributed by atoms with E-state index in [9.17, 15) is 13.2 Å².